The van der Waals surface area contributed by atoms with Crippen LogP contribution in [0.15, 0.2) is 36.5 Å². The van der Waals surface area contributed by atoms with E-state index in [1.165, 1.54) is 0 Å². The lowest BCUT2D eigenvalue weighted by Crippen LogP contribution is -2.43. The highest BCUT2D eigenvalue weighted by Crippen LogP contribution is 2.20. The highest BCUT2D eigenvalue weighted by Gasteiger charge is 2.26. The lowest BCUT2D eigenvalue weighted by atomic mass is 9.89. The number of aliphatic hydroxyl groups excluding tert-OH is 1. The number of aromatic nitrogens is 2. The first-order valence-electron chi connectivity index (χ1n) is 6.74. The van der Waals surface area contributed by atoms with E-state index >= 15 is 0 Å². The van der Waals surface area contributed by atoms with E-state index in [2.05, 4.69) is 27.0 Å². The molecule has 4 nitrogen and oxygen atoms in total. The first-order valence-corrected chi connectivity index (χ1v) is 6.74. The highest BCUT2D eigenvalue weighted by molar-refractivity contribution is 5.35. The Morgan fingerprint density at radius 1 is 1.32 bits per heavy atom. The first kappa shape index (κ1) is 12.4. The summed E-state index contributed by atoms with van der Waals surface area (Å²) in [4.78, 5) is 4.40. The van der Waals surface area contributed by atoms with Crippen molar-refractivity contribution in [2.45, 2.75) is 38.5 Å². The summed E-state index contributed by atoms with van der Waals surface area (Å²) in [5.74, 6) is 0.997. The van der Waals surface area contributed by atoms with Crippen molar-refractivity contribution < 1.29 is 5.11 Å². The van der Waals surface area contributed by atoms with Gasteiger partial charge < -0.3 is 10.4 Å². The number of benzene rings is 1. The minimum Gasteiger partial charge on any atom is -0.393 e. The zero-order chi connectivity index (χ0) is 13.2. The van der Waals surface area contributed by atoms with Gasteiger partial charge in [0.2, 0.25) is 0 Å². The van der Waals surface area contributed by atoms with Crippen LogP contribution in [0.2, 0.25) is 0 Å². The van der Waals surface area contributed by atoms with E-state index in [-0.39, 0.29) is 6.10 Å². The number of hydrogen-bond acceptors (Lipinski definition) is 3. The van der Waals surface area contributed by atoms with Crippen LogP contribution in [0.4, 0.5) is 0 Å². The Morgan fingerprint density at radius 3 is 2.74 bits per heavy atom. The van der Waals surface area contributed by atoms with Crippen LogP contribution >= 0.6 is 0 Å². The summed E-state index contributed by atoms with van der Waals surface area (Å²) in [7, 11) is 0. The fourth-order valence-electron chi connectivity index (χ4n) is 2.55. The van der Waals surface area contributed by atoms with Gasteiger partial charge in [-0.2, -0.15) is 0 Å². The number of nitrogens with zero attached hydrogens (tertiary/aromatic N) is 2. The molecular weight excluding hydrogens is 238 g/mol. The molecule has 0 aliphatic heterocycles. The third kappa shape index (κ3) is 2.55. The topological polar surface area (TPSA) is 50.1 Å². The van der Waals surface area contributed by atoms with Crippen molar-refractivity contribution in [1.82, 2.24) is 14.9 Å². The molecule has 0 radical (unpaired) electrons. The fourth-order valence-corrected chi connectivity index (χ4v) is 2.55. The van der Waals surface area contributed by atoms with Gasteiger partial charge in [-0.05, 0) is 31.9 Å². The Labute approximate surface area is 113 Å². The molecule has 1 aromatic carbocycles. The Hall–Kier alpha value is -1.65. The molecule has 0 amide bonds. The second-order valence-corrected chi connectivity index (χ2v) is 5.17. The van der Waals surface area contributed by atoms with E-state index in [1.807, 2.05) is 31.3 Å². The van der Waals surface area contributed by atoms with Crippen molar-refractivity contribution in [1.29, 1.82) is 0 Å². The quantitative estimate of drug-likeness (QED) is 0.878. The first-order chi connectivity index (χ1) is 9.24. The van der Waals surface area contributed by atoms with E-state index < -0.39 is 0 Å². The maximum absolute atomic E-state index is 9.29. The molecule has 0 saturated heterocycles. The van der Waals surface area contributed by atoms with E-state index in [1.54, 1.807) is 0 Å². The molecular formula is C15H19N3O. The second-order valence-electron chi connectivity index (χ2n) is 5.17. The van der Waals surface area contributed by atoms with Crippen molar-refractivity contribution in [3.63, 3.8) is 0 Å². The average Bonchev–Trinajstić information content (AvgIpc) is 2.75. The normalized spacial score (nSPS) is 22.2. The minimum absolute atomic E-state index is 0.113. The molecule has 0 unspecified atom stereocenters. The van der Waals surface area contributed by atoms with Crippen LogP contribution in [0, 0.1) is 6.92 Å². The largest absolute Gasteiger partial charge is 0.393 e. The van der Waals surface area contributed by atoms with Crippen molar-refractivity contribution in [3.8, 4) is 5.69 Å². The Balaban J connectivity index is 1.75. The summed E-state index contributed by atoms with van der Waals surface area (Å²) in [6, 6.07) is 10.7. The van der Waals surface area contributed by atoms with Gasteiger partial charge in [0, 0.05) is 18.3 Å². The van der Waals surface area contributed by atoms with Crippen LogP contribution in [0.1, 0.15) is 24.4 Å². The van der Waals surface area contributed by atoms with Crippen LogP contribution in [-0.2, 0) is 6.54 Å². The van der Waals surface area contributed by atoms with Gasteiger partial charge in [0.1, 0.15) is 5.82 Å². The summed E-state index contributed by atoms with van der Waals surface area (Å²) >= 11 is 0. The van der Waals surface area contributed by atoms with Gasteiger partial charge in [-0.15, -0.1) is 0 Å². The third-order valence-electron chi connectivity index (χ3n) is 3.71. The van der Waals surface area contributed by atoms with Crippen LogP contribution in [0.3, 0.4) is 0 Å². The summed E-state index contributed by atoms with van der Waals surface area (Å²) < 4.78 is 2.17. The molecule has 1 saturated carbocycles. The number of aliphatic hydroxyl groups is 1. The zero-order valence-electron chi connectivity index (χ0n) is 11.1. The standard InChI is InChI=1S/C15H19N3O/c1-11-16-9-14(10-17-12-7-15(19)8-12)18(11)13-5-3-2-4-6-13/h2-6,9,12,15,17,19H,7-8,10H2,1H3. The molecule has 2 N–H and O–H groups in total. The monoisotopic (exact) mass is 257 g/mol. The van der Waals surface area contributed by atoms with Crippen molar-refractivity contribution in [3.05, 3.63) is 48.0 Å². The maximum atomic E-state index is 9.29. The number of nitrogens with one attached hydrogen (secondary N) is 1. The molecule has 4 heteroatoms. The number of rotatable bonds is 4. The number of imidazole rings is 1. The molecule has 2 aromatic rings. The van der Waals surface area contributed by atoms with E-state index in [4.69, 9.17) is 0 Å². The maximum Gasteiger partial charge on any atom is 0.110 e. The van der Waals surface area contributed by atoms with Gasteiger partial charge in [0.05, 0.1) is 18.0 Å². The SMILES string of the molecule is Cc1ncc(CNC2CC(O)C2)n1-c1ccccc1. The predicted molar refractivity (Wildman–Crippen MR) is 74.2 cm³/mol. The van der Waals surface area contributed by atoms with Crippen LogP contribution in [-0.4, -0.2) is 26.8 Å². The number of para-hydroxylation sites is 1. The number of aryl methyl sites for hydroxylation is 1. The zero-order valence-corrected chi connectivity index (χ0v) is 11.1. The van der Waals surface area contributed by atoms with Gasteiger partial charge in [0.15, 0.2) is 0 Å². The molecule has 3 rings (SSSR count). The molecule has 19 heavy (non-hydrogen) atoms. The van der Waals surface area contributed by atoms with E-state index in [9.17, 15) is 5.11 Å². The minimum atomic E-state index is -0.113. The van der Waals surface area contributed by atoms with Crippen LogP contribution < -0.4 is 5.32 Å². The van der Waals surface area contributed by atoms with Gasteiger partial charge >= 0.3 is 0 Å². The van der Waals surface area contributed by atoms with Crippen molar-refractivity contribution >= 4 is 0 Å². The van der Waals surface area contributed by atoms with Gasteiger partial charge in [0.25, 0.3) is 0 Å². The smallest absolute Gasteiger partial charge is 0.110 e. The summed E-state index contributed by atoms with van der Waals surface area (Å²) in [6.07, 6.45) is 3.53. The molecule has 1 aliphatic rings. The molecule has 0 bridgehead atoms. The van der Waals surface area contributed by atoms with Crippen LogP contribution in [0.5, 0.6) is 0 Å². The van der Waals surface area contributed by atoms with E-state index in [0.717, 1.165) is 36.6 Å². The van der Waals surface area contributed by atoms with Gasteiger partial charge in [-0.3, -0.25) is 4.57 Å². The fraction of sp³-hybridized carbons (Fsp3) is 0.400. The molecule has 100 valence electrons. The summed E-state index contributed by atoms with van der Waals surface area (Å²) in [5.41, 5.74) is 2.30. The lowest BCUT2D eigenvalue weighted by Gasteiger charge is -2.32. The second kappa shape index (κ2) is 5.15. The number of hydrogen-bond donors (Lipinski definition) is 2. The van der Waals surface area contributed by atoms with E-state index in [0.29, 0.717) is 6.04 Å². The Morgan fingerprint density at radius 2 is 2.05 bits per heavy atom. The van der Waals surface area contributed by atoms with Crippen LogP contribution in [0.25, 0.3) is 5.69 Å². The molecule has 1 aromatic heterocycles. The van der Waals surface area contributed by atoms with Gasteiger partial charge in [-0.1, -0.05) is 18.2 Å². The summed E-state index contributed by atoms with van der Waals surface area (Å²) in [5, 5.41) is 12.8. The Kier molecular flexibility index (Phi) is 3.36. The molecule has 1 aliphatic carbocycles. The molecule has 1 heterocycles. The highest BCUT2D eigenvalue weighted by atomic mass is 16.3. The van der Waals surface area contributed by atoms with Crippen molar-refractivity contribution in [2.24, 2.45) is 0 Å². The lowest BCUT2D eigenvalue weighted by molar-refractivity contribution is 0.0617. The summed E-state index contributed by atoms with van der Waals surface area (Å²) in [6.45, 7) is 2.80. The molecule has 1 fully saturated rings. The molecule has 0 spiro atoms. The Bertz CT molecular complexity index is 544. The predicted octanol–water partition coefficient (Wildman–Crippen LogP) is 1.79. The molecule has 0 atom stereocenters. The van der Waals surface area contributed by atoms with Crippen molar-refractivity contribution in [2.75, 3.05) is 0 Å². The van der Waals surface area contributed by atoms with Gasteiger partial charge in [-0.25, -0.2) is 4.98 Å². The average molecular weight is 257 g/mol. The third-order valence-corrected chi connectivity index (χ3v) is 3.71.